The molecule has 1 heterocycles. The second-order valence-corrected chi connectivity index (χ2v) is 5.06. The summed E-state index contributed by atoms with van der Waals surface area (Å²) >= 11 is 0. The van der Waals surface area contributed by atoms with Crippen LogP contribution in [0.25, 0.3) is 5.73 Å². The van der Waals surface area contributed by atoms with E-state index in [0.29, 0.717) is 32.9 Å². The standard InChI is InChI=1S/C13H26N3O3.Y/c1-11(2)13(17)15-9-12-10-16(5-8-19-12)4-7-18-6-3-14;/h11-12,14H,3-10H2,1-2H3,(H,15,17);/q-1;. The summed E-state index contributed by atoms with van der Waals surface area (Å²) in [5.74, 6) is 0.0810. The Morgan fingerprint density at radius 2 is 2.25 bits per heavy atom. The second kappa shape index (κ2) is 12.0. The van der Waals surface area contributed by atoms with E-state index in [9.17, 15) is 4.79 Å². The molecule has 115 valence electrons. The molecule has 0 aromatic heterocycles. The first-order chi connectivity index (χ1) is 9.13. The van der Waals surface area contributed by atoms with E-state index >= 15 is 0 Å². The third-order valence-corrected chi connectivity index (χ3v) is 3.05. The van der Waals surface area contributed by atoms with Gasteiger partial charge in [-0.1, -0.05) is 13.8 Å². The van der Waals surface area contributed by atoms with Crippen LogP contribution in [0.2, 0.25) is 0 Å². The number of carbonyl (C=O) groups is 1. The van der Waals surface area contributed by atoms with Crippen molar-refractivity contribution in [2.45, 2.75) is 20.0 Å². The molecule has 1 amide bonds. The van der Waals surface area contributed by atoms with Crippen LogP contribution in [0.1, 0.15) is 13.8 Å². The first kappa shape index (κ1) is 20.4. The van der Waals surface area contributed by atoms with Gasteiger partial charge in [0.15, 0.2) is 0 Å². The van der Waals surface area contributed by atoms with E-state index in [0.717, 1.165) is 19.6 Å². The average molecular weight is 361 g/mol. The maximum Gasteiger partial charge on any atom is 0.222 e. The van der Waals surface area contributed by atoms with Gasteiger partial charge in [0.05, 0.1) is 19.3 Å². The van der Waals surface area contributed by atoms with Crippen molar-refractivity contribution < 1.29 is 47.0 Å². The number of carbonyl (C=O) groups excluding carboxylic acids is 1. The van der Waals surface area contributed by atoms with Crippen LogP contribution in [-0.4, -0.2) is 69.5 Å². The Hall–Kier alpha value is 0.414. The average Bonchev–Trinajstić information content (AvgIpc) is 2.41. The predicted octanol–water partition coefficient (Wildman–Crippen LogP) is 0.526. The van der Waals surface area contributed by atoms with Crippen LogP contribution in [0.5, 0.6) is 0 Å². The number of hydrogen-bond donors (Lipinski definition) is 1. The summed E-state index contributed by atoms with van der Waals surface area (Å²) < 4.78 is 10.9. The van der Waals surface area contributed by atoms with Crippen LogP contribution in [-0.2, 0) is 47.0 Å². The molecule has 20 heavy (non-hydrogen) atoms. The molecular formula is C13H26N3O3Y-. The molecule has 1 aliphatic rings. The van der Waals surface area contributed by atoms with Gasteiger partial charge >= 0.3 is 0 Å². The fourth-order valence-electron chi connectivity index (χ4n) is 1.89. The van der Waals surface area contributed by atoms with Gasteiger partial charge in [0.1, 0.15) is 0 Å². The maximum absolute atomic E-state index is 11.5. The van der Waals surface area contributed by atoms with Crippen molar-refractivity contribution >= 4 is 5.91 Å². The molecule has 7 heteroatoms. The Bertz CT molecular complexity index is 267. The van der Waals surface area contributed by atoms with Gasteiger partial charge in [-0.05, 0) is 0 Å². The van der Waals surface area contributed by atoms with Gasteiger partial charge in [0, 0.05) is 71.4 Å². The first-order valence-corrected chi connectivity index (χ1v) is 6.97. The minimum Gasteiger partial charge on any atom is -0.676 e. The molecule has 6 nitrogen and oxygen atoms in total. The Morgan fingerprint density at radius 1 is 1.50 bits per heavy atom. The van der Waals surface area contributed by atoms with E-state index < -0.39 is 0 Å². The molecule has 1 saturated heterocycles. The fraction of sp³-hybridized carbons (Fsp3) is 0.923. The van der Waals surface area contributed by atoms with E-state index in [1.54, 1.807) is 0 Å². The van der Waals surface area contributed by atoms with Gasteiger partial charge < -0.3 is 20.5 Å². The van der Waals surface area contributed by atoms with E-state index in [1.807, 2.05) is 13.8 Å². The van der Waals surface area contributed by atoms with E-state index in [2.05, 4.69) is 10.2 Å². The van der Waals surface area contributed by atoms with Gasteiger partial charge in [-0.15, -0.1) is 6.54 Å². The molecule has 0 saturated carbocycles. The Morgan fingerprint density at radius 3 is 2.90 bits per heavy atom. The molecule has 0 aromatic carbocycles. The molecule has 0 bridgehead atoms. The molecule has 0 spiro atoms. The minimum atomic E-state index is 0. The summed E-state index contributed by atoms with van der Waals surface area (Å²) in [4.78, 5) is 13.8. The van der Waals surface area contributed by atoms with Crippen molar-refractivity contribution in [3.05, 3.63) is 5.73 Å². The van der Waals surface area contributed by atoms with Gasteiger partial charge in [0.25, 0.3) is 0 Å². The number of ether oxygens (including phenoxy) is 2. The van der Waals surface area contributed by atoms with Gasteiger partial charge in [0.2, 0.25) is 5.91 Å². The molecule has 1 unspecified atom stereocenters. The number of nitrogens with one attached hydrogen (secondary N) is 2. The first-order valence-electron chi connectivity index (χ1n) is 6.97. The van der Waals surface area contributed by atoms with Crippen LogP contribution >= 0.6 is 0 Å². The van der Waals surface area contributed by atoms with Gasteiger partial charge in [-0.2, -0.15) is 0 Å². The van der Waals surface area contributed by atoms with Gasteiger partial charge in [-0.25, -0.2) is 0 Å². The molecule has 2 N–H and O–H groups in total. The van der Waals surface area contributed by atoms with Gasteiger partial charge in [-0.3, -0.25) is 9.69 Å². The second-order valence-electron chi connectivity index (χ2n) is 5.06. The molecule has 1 atom stereocenters. The van der Waals surface area contributed by atoms with Crippen molar-refractivity contribution in [3.63, 3.8) is 0 Å². The number of rotatable bonds is 8. The molecule has 1 aliphatic heterocycles. The topological polar surface area (TPSA) is 74.6 Å². The monoisotopic (exact) mass is 361 g/mol. The summed E-state index contributed by atoms with van der Waals surface area (Å²) in [5.41, 5.74) is 6.99. The van der Waals surface area contributed by atoms with E-state index in [1.165, 1.54) is 0 Å². The minimum absolute atomic E-state index is 0. The molecule has 1 fully saturated rings. The summed E-state index contributed by atoms with van der Waals surface area (Å²) in [7, 11) is 0. The third-order valence-electron chi connectivity index (χ3n) is 3.05. The number of morpholine rings is 1. The quantitative estimate of drug-likeness (QED) is 0.640. The maximum atomic E-state index is 11.5. The van der Waals surface area contributed by atoms with Crippen molar-refractivity contribution in [3.8, 4) is 0 Å². The van der Waals surface area contributed by atoms with Crippen LogP contribution in [0.3, 0.4) is 0 Å². The molecule has 1 rings (SSSR count). The summed E-state index contributed by atoms with van der Waals surface area (Å²) in [6.07, 6.45) is 0.0626. The van der Waals surface area contributed by atoms with Crippen molar-refractivity contribution in [2.75, 3.05) is 52.5 Å². The van der Waals surface area contributed by atoms with Crippen LogP contribution < -0.4 is 5.32 Å². The molecular weight excluding hydrogens is 335 g/mol. The summed E-state index contributed by atoms with van der Waals surface area (Å²) in [6.45, 7) is 9.08. The van der Waals surface area contributed by atoms with Crippen molar-refractivity contribution in [1.82, 2.24) is 10.2 Å². The molecule has 1 radical (unpaired) electrons. The van der Waals surface area contributed by atoms with E-state index in [4.69, 9.17) is 15.2 Å². The SMILES string of the molecule is CC(C)C(=O)NCC1CN(CCOCC[NH-])CCO1.[Y]. The predicted molar refractivity (Wildman–Crippen MR) is 74.0 cm³/mol. The third kappa shape index (κ3) is 8.65. The zero-order valence-electron chi connectivity index (χ0n) is 12.6. The van der Waals surface area contributed by atoms with Crippen molar-refractivity contribution in [1.29, 1.82) is 0 Å². The van der Waals surface area contributed by atoms with Crippen LogP contribution in [0, 0.1) is 5.92 Å². The summed E-state index contributed by atoms with van der Waals surface area (Å²) in [5, 5.41) is 2.90. The normalized spacial score (nSPS) is 19.7. The number of hydrogen-bond acceptors (Lipinski definition) is 4. The number of amides is 1. The zero-order chi connectivity index (χ0) is 14.1. The smallest absolute Gasteiger partial charge is 0.222 e. The number of nitrogens with zero attached hydrogens (tertiary/aromatic N) is 1. The fourth-order valence-corrected chi connectivity index (χ4v) is 1.89. The van der Waals surface area contributed by atoms with Crippen molar-refractivity contribution in [2.24, 2.45) is 5.92 Å². The summed E-state index contributed by atoms with van der Waals surface area (Å²) in [6, 6.07) is 0. The Kier molecular flexibility index (Phi) is 12.3. The Balaban J connectivity index is 0.00000361. The van der Waals surface area contributed by atoms with Crippen LogP contribution in [0.4, 0.5) is 0 Å². The van der Waals surface area contributed by atoms with E-state index in [-0.39, 0.29) is 50.6 Å². The largest absolute Gasteiger partial charge is 0.676 e. The molecule has 0 aromatic rings. The van der Waals surface area contributed by atoms with Crippen LogP contribution in [0.15, 0.2) is 0 Å². The molecule has 0 aliphatic carbocycles. The zero-order valence-corrected chi connectivity index (χ0v) is 15.4. The Labute approximate surface area is 147 Å².